The first kappa shape index (κ1) is 35.6. The van der Waals surface area contributed by atoms with E-state index in [1.807, 2.05) is 0 Å². The third-order valence-corrected chi connectivity index (χ3v) is 7.44. The summed E-state index contributed by atoms with van der Waals surface area (Å²) in [5.74, 6) is -1.22. The van der Waals surface area contributed by atoms with Gasteiger partial charge in [0.1, 0.15) is 20.2 Å². The quantitative estimate of drug-likeness (QED) is 0.129. The average molecular weight is 604 g/mol. The molecule has 12 nitrogen and oxygen atoms in total. The Labute approximate surface area is 283 Å². The second kappa shape index (κ2) is 13.0. The van der Waals surface area contributed by atoms with Crippen LogP contribution in [0.2, 0.25) is 0 Å². The van der Waals surface area contributed by atoms with E-state index in [1.165, 1.54) is 30.3 Å². The van der Waals surface area contributed by atoms with Crippen LogP contribution in [0.3, 0.4) is 0 Å². The SMILES string of the molecule is O=S(=O)([O-])c1ccc2cc(N=Nc3c([O-])c(S(=O)(=O)O)cc4cc(S(=O)(=O)[O-])ccc34)ccc2c1.[Na+].[Na+].[Na+]. The first-order valence-corrected chi connectivity index (χ1v) is 13.5. The van der Waals surface area contributed by atoms with Crippen LogP contribution in [0.1, 0.15) is 0 Å². The van der Waals surface area contributed by atoms with E-state index in [4.69, 9.17) is 0 Å². The van der Waals surface area contributed by atoms with Crippen molar-refractivity contribution < 1.29 is 133 Å². The van der Waals surface area contributed by atoms with E-state index in [1.54, 1.807) is 0 Å². The second-order valence-electron chi connectivity index (χ2n) is 7.21. The molecule has 0 spiro atoms. The van der Waals surface area contributed by atoms with E-state index < -0.39 is 56.5 Å². The summed E-state index contributed by atoms with van der Waals surface area (Å²) in [6, 6.07) is 11.4. The van der Waals surface area contributed by atoms with Crippen LogP contribution in [0.25, 0.3) is 21.5 Å². The molecular weight excluding hydrogens is 593 g/mol. The van der Waals surface area contributed by atoms with Crippen molar-refractivity contribution in [2.45, 2.75) is 14.7 Å². The molecule has 0 saturated heterocycles. The molecule has 0 saturated carbocycles. The van der Waals surface area contributed by atoms with Crippen molar-refractivity contribution >= 4 is 63.3 Å². The predicted octanol–water partition coefficient (Wildman–Crippen LogP) is -6.45. The van der Waals surface area contributed by atoms with E-state index in [0.717, 1.165) is 30.3 Å². The van der Waals surface area contributed by atoms with Gasteiger partial charge in [0.2, 0.25) is 0 Å². The molecule has 1 N–H and O–H groups in total. The Morgan fingerprint density at radius 2 is 1.13 bits per heavy atom. The van der Waals surface area contributed by atoms with Crippen LogP contribution in [0.4, 0.5) is 11.4 Å². The molecule has 4 aromatic carbocycles. The number of azo groups is 1. The van der Waals surface area contributed by atoms with Crippen molar-refractivity contribution in [1.82, 2.24) is 0 Å². The zero-order valence-corrected chi connectivity index (χ0v) is 28.5. The van der Waals surface area contributed by atoms with Crippen molar-refractivity contribution in [2.24, 2.45) is 10.2 Å². The maximum absolute atomic E-state index is 12.7. The van der Waals surface area contributed by atoms with Crippen molar-refractivity contribution in [2.75, 3.05) is 0 Å². The fraction of sp³-hybridized carbons (Fsp3) is 0. The maximum atomic E-state index is 12.7. The molecule has 18 heteroatoms. The smallest absolute Gasteiger partial charge is 0.870 e. The van der Waals surface area contributed by atoms with Gasteiger partial charge in [0.15, 0.2) is 0 Å². The monoisotopic (exact) mass is 604 g/mol. The summed E-state index contributed by atoms with van der Waals surface area (Å²) in [6.45, 7) is 0. The van der Waals surface area contributed by atoms with E-state index >= 15 is 0 Å². The molecule has 0 atom stereocenters. The minimum atomic E-state index is -5.04. The van der Waals surface area contributed by atoms with Crippen molar-refractivity contribution in [3.63, 3.8) is 0 Å². The fourth-order valence-electron chi connectivity index (χ4n) is 3.30. The van der Waals surface area contributed by atoms with Gasteiger partial charge >= 0.3 is 88.7 Å². The minimum Gasteiger partial charge on any atom is -0.870 e. The van der Waals surface area contributed by atoms with Crippen LogP contribution >= 0.6 is 0 Å². The van der Waals surface area contributed by atoms with Gasteiger partial charge in [-0.1, -0.05) is 23.9 Å². The van der Waals surface area contributed by atoms with Gasteiger partial charge in [-0.05, 0) is 58.6 Å². The summed E-state index contributed by atoms with van der Waals surface area (Å²) in [5.41, 5.74) is -0.392. The Morgan fingerprint density at radius 3 is 1.68 bits per heavy atom. The average Bonchev–Trinajstić information content (AvgIpc) is 2.75. The molecule has 4 aromatic rings. The number of fused-ring (bicyclic) bond motifs is 2. The van der Waals surface area contributed by atoms with Crippen LogP contribution in [0.15, 0.2) is 85.6 Å². The Kier molecular flexibility index (Phi) is 12.2. The first-order valence-electron chi connectivity index (χ1n) is 9.27. The normalized spacial score (nSPS) is 12.1. The van der Waals surface area contributed by atoms with Gasteiger partial charge in [0.25, 0.3) is 10.1 Å². The summed E-state index contributed by atoms with van der Waals surface area (Å²) in [5, 5.41) is 21.1. The number of hydrogen-bond donors (Lipinski definition) is 1. The molecule has 0 aliphatic rings. The van der Waals surface area contributed by atoms with Gasteiger partial charge in [-0.15, -0.1) is 0 Å². The predicted molar refractivity (Wildman–Crippen MR) is 117 cm³/mol. The van der Waals surface area contributed by atoms with E-state index in [2.05, 4.69) is 10.2 Å². The molecule has 0 fully saturated rings. The Bertz CT molecular complexity index is 1900. The van der Waals surface area contributed by atoms with Crippen LogP contribution in [-0.4, -0.2) is 38.9 Å². The van der Waals surface area contributed by atoms with Crippen molar-refractivity contribution in [3.8, 4) is 5.75 Å². The van der Waals surface area contributed by atoms with E-state index in [9.17, 15) is 44.0 Å². The molecule has 0 heterocycles. The van der Waals surface area contributed by atoms with Gasteiger partial charge in [-0.2, -0.15) is 18.6 Å². The third kappa shape index (κ3) is 7.84. The minimum absolute atomic E-state index is 0. The third-order valence-electron chi connectivity index (χ3n) is 4.92. The summed E-state index contributed by atoms with van der Waals surface area (Å²) < 4.78 is 100. The Hall–Kier alpha value is -0.470. The largest absolute Gasteiger partial charge is 1.00 e. The number of rotatable bonds is 5. The van der Waals surface area contributed by atoms with Gasteiger partial charge in [0, 0.05) is 5.39 Å². The molecule has 182 valence electrons. The van der Waals surface area contributed by atoms with Gasteiger partial charge < -0.3 is 14.2 Å². The van der Waals surface area contributed by atoms with Crippen molar-refractivity contribution in [1.29, 1.82) is 0 Å². The van der Waals surface area contributed by atoms with Gasteiger partial charge in [0.05, 0.1) is 26.1 Å². The van der Waals surface area contributed by atoms with Crippen LogP contribution < -0.4 is 93.8 Å². The Balaban J connectivity index is 0.00000241. The zero-order valence-electron chi connectivity index (χ0n) is 20.0. The molecule has 0 unspecified atom stereocenters. The first-order chi connectivity index (χ1) is 16.1. The summed E-state index contributed by atoms with van der Waals surface area (Å²) >= 11 is 0. The molecule has 38 heavy (non-hydrogen) atoms. The number of nitrogens with zero attached hydrogens (tertiary/aromatic N) is 2. The van der Waals surface area contributed by atoms with Crippen LogP contribution in [0, 0.1) is 0 Å². The second-order valence-corrected chi connectivity index (χ2v) is 11.4. The topological polar surface area (TPSA) is 217 Å². The molecular formula is C20H11N2Na3O10S3. The summed E-state index contributed by atoms with van der Waals surface area (Å²) in [4.78, 5) is -2.21. The van der Waals surface area contributed by atoms with Gasteiger partial charge in [-0.25, -0.2) is 16.8 Å². The molecule has 0 amide bonds. The van der Waals surface area contributed by atoms with Crippen molar-refractivity contribution in [3.05, 3.63) is 60.7 Å². The maximum Gasteiger partial charge on any atom is 1.00 e. The fourth-order valence-corrected chi connectivity index (χ4v) is 4.92. The Morgan fingerprint density at radius 1 is 0.632 bits per heavy atom. The van der Waals surface area contributed by atoms with E-state index in [0.29, 0.717) is 10.8 Å². The standard InChI is InChI=1S/C20H14N2O10S3.3Na/c23-20-18(35(30,31)32)10-13-9-16(34(27,28)29)5-6-17(13)19(20)22-21-14-3-1-12-8-15(33(24,25)26)4-2-11(12)7-14;;;/h1-10,23H,(H,24,25,26)(H,27,28,29)(H,30,31,32);;;/q;3*+1/p-3. The summed E-state index contributed by atoms with van der Waals surface area (Å²) in [6.07, 6.45) is 0. The molecule has 0 aromatic heterocycles. The summed E-state index contributed by atoms with van der Waals surface area (Å²) in [7, 11) is -14.6. The molecule has 0 aliphatic carbocycles. The zero-order chi connectivity index (χ0) is 25.8. The molecule has 4 rings (SSSR count). The van der Waals surface area contributed by atoms with Crippen LogP contribution in [-0.2, 0) is 30.4 Å². The molecule has 0 radical (unpaired) electrons. The van der Waals surface area contributed by atoms with Gasteiger partial charge in [-0.3, -0.25) is 4.55 Å². The molecule has 0 bridgehead atoms. The van der Waals surface area contributed by atoms with E-state index in [-0.39, 0.29) is 105 Å². The van der Waals surface area contributed by atoms with Crippen LogP contribution in [0.5, 0.6) is 5.75 Å². The number of hydrogen-bond acceptors (Lipinski definition) is 11. The number of benzene rings is 4. The molecule has 0 aliphatic heterocycles.